The summed E-state index contributed by atoms with van der Waals surface area (Å²) in [5.41, 5.74) is 3.09. The minimum absolute atomic E-state index is 0.220. The van der Waals surface area contributed by atoms with Crippen LogP contribution >= 0.6 is 11.6 Å². The molecule has 0 bridgehead atoms. The lowest BCUT2D eigenvalue weighted by molar-refractivity contribution is -0.136. The maximum absolute atomic E-state index is 11.7. The molecule has 18 heavy (non-hydrogen) atoms. The number of halogens is 1. The van der Waals surface area contributed by atoms with Crippen LogP contribution in [0.15, 0.2) is 17.7 Å². The molecular weight excluding hydrogens is 256 g/mol. The highest BCUT2D eigenvalue weighted by atomic mass is 35.5. The average Bonchev–Trinajstić information content (AvgIpc) is 2.91. The van der Waals surface area contributed by atoms with Crippen LogP contribution in [0.1, 0.15) is 23.4 Å². The van der Waals surface area contributed by atoms with Crippen molar-refractivity contribution in [2.24, 2.45) is 0 Å². The Morgan fingerprint density at radius 3 is 2.72 bits per heavy atom. The Bertz CT molecular complexity index is 577. The zero-order valence-electron chi connectivity index (χ0n) is 9.95. The highest BCUT2D eigenvalue weighted by molar-refractivity contribution is 6.28. The molecular formula is C13H11ClO4. The molecule has 2 aliphatic rings. The van der Waals surface area contributed by atoms with Gasteiger partial charge in [-0.2, -0.15) is 0 Å². The lowest BCUT2D eigenvalue weighted by atomic mass is 10.1. The smallest absolute Gasteiger partial charge is 0.335 e. The van der Waals surface area contributed by atoms with Crippen LogP contribution < -0.4 is 9.47 Å². The van der Waals surface area contributed by atoms with Gasteiger partial charge in [-0.15, -0.1) is 11.6 Å². The van der Waals surface area contributed by atoms with E-state index >= 15 is 0 Å². The summed E-state index contributed by atoms with van der Waals surface area (Å²) in [6.45, 7) is 2.08. The summed E-state index contributed by atoms with van der Waals surface area (Å²) in [7, 11) is 1.35. The maximum atomic E-state index is 11.7. The van der Waals surface area contributed by atoms with E-state index in [0.29, 0.717) is 17.1 Å². The zero-order chi connectivity index (χ0) is 12.9. The second-order valence-corrected chi connectivity index (χ2v) is 4.62. The fourth-order valence-electron chi connectivity index (χ4n) is 2.35. The van der Waals surface area contributed by atoms with E-state index in [1.165, 1.54) is 7.11 Å². The third-order valence-electron chi connectivity index (χ3n) is 3.28. The van der Waals surface area contributed by atoms with Gasteiger partial charge in [0.25, 0.3) is 0 Å². The molecule has 0 spiro atoms. The first-order valence-corrected chi connectivity index (χ1v) is 5.94. The number of hydrogen-bond donors (Lipinski definition) is 0. The topological polar surface area (TPSA) is 44.8 Å². The molecule has 1 aromatic carbocycles. The molecule has 0 aromatic heterocycles. The first kappa shape index (κ1) is 11.4. The van der Waals surface area contributed by atoms with Crippen LogP contribution in [-0.2, 0) is 9.53 Å². The lowest BCUT2D eigenvalue weighted by Crippen LogP contribution is -2.07. The number of alkyl halides is 1. The molecule has 0 radical (unpaired) electrons. The van der Waals surface area contributed by atoms with Crippen molar-refractivity contribution < 1.29 is 19.0 Å². The molecule has 4 nitrogen and oxygen atoms in total. The van der Waals surface area contributed by atoms with E-state index in [4.69, 9.17) is 25.8 Å². The minimum atomic E-state index is -0.498. The Hall–Kier alpha value is -1.68. The van der Waals surface area contributed by atoms with E-state index in [1.807, 2.05) is 19.1 Å². The van der Waals surface area contributed by atoms with Crippen LogP contribution in [0, 0.1) is 0 Å². The summed E-state index contributed by atoms with van der Waals surface area (Å²) in [6, 6.07) is 3.69. The van der Waals surface area contributed by atoms with Gasteiger partial charge in [0.05, 0.1) is 18.1 Å². The van der Waals surface area contributed by atoms with E-state index in [9.17, 15) is 4.79 Å². The molecule has 1 aromatic rings. The molecule has 94 valence electrons. The van der Waals surface area contributed by atoms with Crippen molar-refractivity contribution >= 4 is 23.1 Å². The van der Waals surface area contributed by atoms with Gasteiger partial charge >= 0.3 is 5.97 Å². The second kappa shape index (κ2) is 3.92. The van der Waals surface area contributed by atoms with Crippen molar-refractivity contribution in [3.05, 3.63) is 28.8 Å². The molecule has 1 atom stereocenters. The Labute approximate surface area is 109 Å². The Balaban J connectivity index is 2.14. The molecule has 5 heteroatoms. The standard InChI is InChI=1S/C13H11ClO4/c1-6-7-3-9-10(18-5-17-9)4-8(7)12(14)11(6)13(15)16-2/h3-4,12H,5H2,1-2H3/t12-/m1/s1. The summed E-state index contributed by atoms with van der Waals surface area (Å²) >= 11 is 6.32. The largest absolute Gasteiger partial charge is 0.466 e. The van der Waals surface area contributed by atoms with E-state index in [0.717, 1.165) is 16.7 Å². The van der Waals surface area contributed by atoms with Gasteiger partial charge in [-0.25, -0.2) is 4.79 Å². The van der Waals surface area contributed by atoms with Gasteiger partial charge in [-0.05, 0) is 35.8 Å². The summed E-state index contributed by atoms with van der Waals surface area (Å²) in [4.78, 5) is 11.7. The Morgan fingerprint density at radius 2 is 2.06 bits per heavy atom. The van der Waals surface area contributed by atoms with Crippen molar-refractivity contribution in [2.75, 3.05) is 13.9 Å². The average molecular weight is 267 g/mol. The van der Waals surface area contributed by atoms with Crippen molar-refractivity contribution in [1.29, 1.82) is 0 Å². The molecule has 0 fully saturated rings. The van der Waals surface area contributed by atoms with Crippen LogP contribution in [0.25, 0.3) is 5.57 Å². The number of carbonyl (C=O) groups is 1. The maximum Gasteiger partial charge on any atom is 0.335 e. The quantitative estimate of drug-likeness (QED) is 0.579. The fraction of sp³-hybridized carbons (Fsp3) is 0.308. The summed E-state index contributed by atoms with van der Waals surface area (Å²) < 4.78 is 15.4. The van der Waals surface area contributed by atoms with Gasteiger partial charge < -0.3 is 14.2 Å². The number of carbonyl (C=O) groups excluding carboxylic acids is 1. The van der Waals surface area contributed by atoms with Crippen LogP contribution in [0.2, 0.25) is 0 Å². The van der Waals surface area contributed by atoms with E-state index in [-0.39, 0.29) is 6.79 Å². The lowest BCUT2D eigenvalue weighted by Gasteiger charge is -2.07. The van der Waals surface area contributed by atoms with Crippen LogP contribution in [0.4, 0.5) is 0 Å². The number of esters is 1. The first-order chi connectivity index (χ1) is 8.63. The van der Waals surface area contributed by atoms with Gasteiger partial charge in [-0.1, -0.05) is 0 Å². The van der Waals surface area contributed by atoms with Gasteiger partial charge in [0.2, 0.25) is 6.79 Å². The molecule has 0 unspecified atom stereocenters. The number of rotatable bonds is 1. The Morgan fingerprint density at radius 1 is 1.39 bits per heavy atom. The zero-order valence-corrected chi connectivity index (χ0v) is 10.7. The van der Waals surface area contributed by atoms with E-state index < -0.39 is 11.3 Å². The van der Waals surface area contributed by atoms with Gasteiger partial charge in [0, 0.05) is 0 Å². The van der Waals surface area contributed by atoms with Gasteiger partial charge in [0.15, 0.2) is 11.5 Å². The second-order valence-electron chi connectivity index (χ2n) is 4.19. The third-order valence-corrected chi connectivity index (χ3v) is 3.74. The predicted octanol–water partition coefficient (Wildman–Crippen LogP) is 2.66. The summed E-state index contributed by atoms with van der Waals surface area (Å²) in [5, 5.41) is -0.498. The number of hydrogen-bond acceptors (Lipinski definition) is 4. The summed E-state index contributed by atoms with van der Waals surface area (Å²) in [5.74, 6) is 0.951. The molecule has 1 aliphatic carbocycles. The highest BCUT2D eigenvalue weighted by Gasteiger charge is 2.34. The van der Waals surface area contributed by atoms with Crippen LogP contribution in [-0.4, -0.2) is 19.9 Å². The molecule has 1 aliphatic heterocycles. The van der Waals surface area contributed by atoms with Gasteiger partial charge in [-0.3, -0.25) is 0 Å². The van der Waals surface area contributed by atoms with Crippen molar-refractivity contribution in [3.8, 4) is 11.5 Å². The molecule has 0 N–H and O–H groups in total. The molecule has 3 rings (SSSR count). The first-order valence-electron chi connectivity index (χ1n) is 5.50. The van der Waals surface area contributed by atoms with Crippen molar-refractivity contribution in [1.82, 2.24) is 0 Å². The molecule has 1 heterocycles. The molecule has 0 saturated heterocycles. The summed E-state index contributed by atoms with van der Waals surface area (Å²) in [6.07, 6.45) is 0. The van der Waals surface area contributed by atoms with Crippen LogP contribution in [0.5, 0.6) is 11.5 Å². The minimum Gasteiger partial charge on any atom is -0.466 e. The number of methoxy groups -OCH3 is 1. The van der Waals surface area contributed by atoms with Crippen molar-refractivity contribution in [2.45, 2.75) is 12.3 Å². The van der Waals surface area contributed by atoms with E-state index in [2.05, 4.69) is 0 Å². The number of ether oxygens (including phenoxy) is 3. The predicted molar refractivity (Wildman–Crippen MR) is 65.8 cm³/mol. The number of benzene rings is 1. The number of allylic oxidation sites excluding steroid dienone is 1. The molecule has 0 saturated carbocycles. The normalized spacial score (nSPS) is 20.1. The highest BCUT2D eigenvalue weighted by Crippen LogP contribution is 2.49. The fourth-order valence-corrected chi connectivity index (χ4v) is 2.78. The molecule has 0 amide bonds. The SMILES string of the molecule is COC(=O)C1=C(C)c2cc3c(cc2[C@H]1Cl)OCO3. The third kappa shape index (κ3) is 1.42. The Kier molecular flexibility index (Phi) is 2.48. The van der Waals surface area contributed by atoms with Gasteiger partial charge in [0.1, 0.15) is 0 Å². The number of fused-ring (bicyclic) bond motifs is 2. The van der Waals surface area contributed by atoms with E-state index in [1.54, 1.807) is 0 Å². The monoisotopic (exact) mass is 266 g/mol. The van der Waals surface area contributed by atoms with Crippen LogP contribution in [0.3, 0.4) is 0 Å². The van der Waals surface area contributed by atoms with Crippen molar-refractivity contribution in [3.63, 3.8) is 0 Å².